The lowest BCUT2D eigenvalue weighted by Gasteiger charge is -2.37. The Balaban J connectivity index is 1.40. The molecule has 32 heavy (non-hydrogen) atoms. The summed E-state index contributed by atoms with van der Waals surface area (Å²) < 4.78 is 5.33. The van der Waals surface area contributed by atoms with Crippen molar-refractivity contribution in [2.45, 2.75) is 32.6 Å². The zero-order valence-corrected chi connectivity index (χ0v) is 19.3. The van der Waals surface area contributed by atoms with Crippen LogP contribution in [0.2, 0.25) is 0 Å². The predicted octanol–water partition coefficient (Wildman–Crippen LogP) is 3.91. The van der Waals surface area contributed by atoms with Crippen LogP contribution in [0.5, 0.6) is 5.75 Å². The van der Waals surface area contributed by atoms with Gasteiger partial charge < -0.3 is 19.4 Å². The lowest BCUT2D eigenvalue weighted by atomic mass is 9.96. The molecule has 0 saturated carbocycles. The fraction of sp³-hybridized carbons (Fsp3) is 0.462. The summed E-state index contributed by atoms with van der Waals surface area (Å²) in [5.41, 5.74) is 3.26. The van der Waals surface area contributed by atoms with Gasteiger partial charge in [-0.25, -0.2) is 0 Å². The van der Waals surface area contributed by atoms with Crippen LogP contribution in [0.25, 0.3) is 0 Å². The van der Waals surface area contributed by atoms with E-state index in [-0.39, 0.29) is 17.7 Å². The highest BCUT2D eigenvalue weighted by Gasteiger charge is 2.38. The molecule has 0 radical (unpaired) electrons. The number of carbonyl (C=O) groups excluding carboxylic acids is 2. The fourth-order valence-corrected chi connectivity index (χ4v) is 4.73. The van der Waals surface area contributed by atoms with Crippen LogP contribution in [0.4, 0.5) is 11.4 Å². The first-order valence-corrected chi connectivity index (χ1v) is 11.6. The monoisotopic (exact) mass is 435 g/mol. The van der Waals surface area contributed by atoms with Crippen LogP contribution in [-0.4, -0.2) is 56.5 Å². The molecule has 0 aromatic heterocycles. The van der Waals surface area contributed by atoms with Gasteiger partial charge >= 0.3 is 0 Å². The molecule has 2 amide bonds. The van der Waals surface area contributed by atoms with Gasteiger partial charge in [0, 0.05) is 56.6 Å². The number of ether oxygens (including phenoxy) is 1. The van der Waals surface area contributed by atoms with Crippen molar-refractivity contribution in [3.8, 4) is 5.75 Å². The summed E-state index contributed by atoms with van der Waals surface area (Å²) in [6, 6.07) is 16.1. The average molecular weight is 436 g/mol. The molecule has 0 spiro atoms. The van der Waals surface area contributed by atoms with Crippen molar-refractivity contribution in [1.29, 1.82) is 0 Å². The molecule has 0 aliphatic carbocycles. The highest BCUT2D eigenvalue weighted by Crippen LogP contribution is 2.34. The molecule has 2 aliphatic heterocycles. The summed E-state index contributed by atoms with van der Waals surface area (Å²) >= 11 is 0. The van der Waals surface area contributed by atoms with E-state index in [9.17, 15) is 9.59 Å². The first-order chi connectivity index (χ1) is 15.5. The molecule has 170 valence electrons. The van der Waals surface area contributed by atoms with Crippen LogP contribution in [0, 0.1) is 5.92 Å². The highest BCUT2D eigenvalue weighted by atomic mass is 16.5. The molecule has 2 heterocycles. The van der Waals surface area contributed by atoms with Crippen molar-refractivity contribution < 1.29 is 14.3 Å². The Kier molecular flexibility index (Phi) is 6.68. The third-order valence-electron chi connectivity index (χ3n) is 6.85. The zero-order valence-electron chi connectivity index (χ0n) is 19.3. The summed E-state index contributed by atoms with van der Waals surface area (Å²) in [5, 5.41) is 0. The van der Waals surface area contributed by atoms with Gasteiger partial charge in [0.05, 0.1) is 13.0 Å². The van der Waals surface area contributed by atoms with E-state index in [1.54, 1.807) is 7.11 Å². The summed E-state index contributed by atoms with van der Waals surface area (Å²) in [5.74, 6) is 1.10. The molecule has 2 fully saturated rings. The Morgan fingerprint density at radius 1 is 1.09 bits per heavy atom. The molecule has 0 N–H and O–H groups in total. The first-order valence-electron chi connectivity index (χ1n) is 11.6. The lowest BCUT2D eigenvalue weighted by Crippen LogP contribution is -2.50. The minimum atomic E-state index is -0.268. The smallest absolute Gasteiger partial charge is 0.228 e. The Morgan fingerprint density at radius 2 is 1.84 bits per heavy atom. The number of anilines is 2. The molecule has 2 aliphatic rings. The van der Waals surface area contributed by atoms with E-state index < -0.39 is 0 Å². The van der Waals surface area contributed by atoms with E-state index in [4.69, 9.17) is 4.74 Å². The summed E-state index contributed by atoms with van der Waals surface area (Å²) in [6.45, 7) is 7.71. The van der Waals surface area contributed by atoms with Crippen LogP contribution in [0.3, 0.4) is 0 Å². The van der Waals surface area contributed by atoms with Crippen molar-refractivity contribution in [2.24, 2.45) is 5.92 Å². The molecule has 6 nitrogen and oxygen atoms in total. The number of hydrogen-bond acceptors (Lipinski definition) is 4. The van der Waals surface area contributed by atoms with Gasteiger partial charge in [0.25, 0.3) is 0 Å². The molecule has 0 bridgehead atoms. The second kappa shape index (κ2) is 9.63. The summed E-state index contributed by atoms with van der Waals surface area (Å²) in [4.78, 5) is 32.2. The van der Waals surface area contributed by atoms with Crippen LogP contribution in [-0.2, 0) is 9.59 Å². The van der Waals surface area contributed by atoms with Crippen molar-refractivity contribution >= 4 is 23.2 Å². The van der Waals surface area contributed by atoms with Gasteiger partial charge in [0.15, 0.2) is 0 Å². The third kappa shape index (κ3) is 4.45. The minimum absolute atomic E-state index is 0.0501. The average Bonchev–Trinajstić information content (AvgIpc) is 3.24. The molecule has 2 aromatic rings. The maximum absolute atomic E-state index is 13.2. The van der Waals surface area contributed by atoms with Crippen LogP contribution >= 0.6 is 0 Å². The Labute approximate surface area is 190 Å². The molecule has 6 heteroatoms. The Morgan fingerprint density at radius 3 is 2.56 bits per heavy atom. The van der Waals surface area contributed by atoms with Gasteiger partial charge in [0.1, 0.15) is 5.75 Å². The fourth-order valence-electron chi connectivity index (χ4n) is 4.73. The number of nitrogens with zero attached hydrogens (tertiary/aromatic N) is 3. The van der Waals surface area contributed by atoms with Gasteiger partial charge in [0.2, 0.25) is 11.8 Å². The van der Waals surface area contributed by atoms with E-state index in [1.165, 1.54) is 5.56 Å². The summed E-state index contributed by atoms with van der Waals surface area (Å²) in [7, 11) is 1.67. The first kappa shape index (κ1) is 22.2. The Bertz CT molecular complexity index is 968. The van der Waals surface area contributed by atoms with Gasteiger partial charge in [-0.2, -0.15) is 0 Å². The van der Waals surface area contributed by atoms with Crippen molar-refractivity contribution in [1.82, 2.24) is 4.90 Å². The number of rotatable bonds is 6. The second-order valence-corrected chi connectivity index (χ2v) is 8.79. The molecule has 2 aromatic carbocycles. The SMILES string of the molecule is CCC(C)c1ccccc1N1CC(C(=O)N2CCN(c3cccc(OC)c3)CC2)CC1=O. The molecular weight excluding hydrogens is 402 g/mol. The normalized spacial score (nSPS) is 19.9. The standard InChI is InChI=1S/C26H33N3O3/c1-4-19(2)23-10-5-6-11-24(23)29-18-20(16-25(29)30)26(31)28-14-12-27(13-15-28)21-8-7-9-22(17-21)32-3/h5-11,17,19-20H,4,12-16,18H2,1-3H3. The molecule has 2 atom stereocenters. The van der Waals surface area contributed by atoms with E-state index in [0.717, 1.165) is 36.6 Å². The van der Waals surface area contributed by atoms with E-state index >= 15 is 0 Å². The second-order valence-electron chi connectivity index (χ2n) is 8.79. The minimum Gasteiger partial charge on any atom is -0.497 e. The topological polar surface area (TPSA) is 53.1 Å². The predicted molar refractivity (Wildman–Crippen MR) is 127 cm³/mol. The molecular formula is C26H33N3O3. The highest BCUT2D eigenvalue weighted by molar-refractivity contribution is 6.01. The van der Waals surface area contributed by atoms with Gasteiger partial charge in [-0.05, 0) is 36.1 Å². The van der Waals surface area contributed by atoms with Gasteiger partial charge in [-0.1, -0.05) is 38.1 Å². The van der Waals surface area contributed by atoms with Gasteiger partial charge in [-0.15, -0.1) is 0 Å². The number of hydrogen-bond donors (Lipinski definition) is 0. The van der Waals surface area contributed by atoms with Crippen LogP contribution in [0.15, 0.2) is 48.5 Å². The number of benzene rings is 2. The lowest BCUT2D eigenvalue weighted by molar-refractivity contribution is -0.136. The van der Waals surface area contributed by atoms with Gasteiger partial charge in [-0.3, -0.25) is 9.59 Å². The Hall–Kier alpha value is -3.02. The van der Waals surface area contributed by atoms with Crippen LogP contribution in [0.1, 0.15) is 38.2 Å². The third-order valence-corrected chi connectivity index (χ3v) is 6.85. The molecule has 2 saturated heterocycles. The molecule has 2 unspecified atom stereocenters. The quantitative estimate of drug-likeness (QED) is 0.690. The number of piperazine rings is 1. The number of para-hydroxylation sites is 1. The summed E-state index contributed by atoms with van der Waals surface area (Å²) in [6.07, 6.45) is 1.31. The maximum Gasteiger partial charge on any atom is 0.228 e. The van der Waals surface area contributed by atoms with E-state index in [0.29, 0.717) is 32.0 Å². The van der Waals surface area contributed by atoms with E-state index in [1.807, 2.05) is 46.2 Å². The van der Waals surface area contributed by atoms with Crippen molar-refractivity contribution in [3.05, 3.63) is 54.1 Å². The number of carbonyl (C=O) groups is 2. The maximum atomic E-state index is 13.2. The van der Waals surface area contributed by atoms with Crippen molar-refractivity contribution in [3.63, 3.8) is 0 Å². The number of methoxy groups -OCH3 is 1. The van der Waals surface area contributed by atoms with E-state index in [2.05, 4.69) is 30.9 Å². The zero-order chi connectivity index (χ0) is 22.7. The molecule has 4 rings (SSSR count). The van der Waals surface area contributed by atoms with Crippen molar-refractivity contribution in [2.75, 3.05) is 49.6 Å². The number of amides is 2. The largest absolute Gasteiger partial charge is 0.497 e. The van der Waals surface area contributed by atoms with Crippen LogP contribution < -0.4 is 14.5 Å².